The number of nitrogens with zero attached hydrogens (tertiary/aromatic N) is 2. The maximum Gasteiger partial charge on any atom is 0.218 e. The van der Waals surface area contributed by atoms with E-state index in [1.54, 1.807) is 14.2 Å². The molecule has 1 aliphatic heterocycles. The van der Waals surface area contributed by atoms with E-state index in [4.69, 9.17) is 9.47 Å². The third-order valence-electron chi connectivity index (χ3n) is 3.77. The van der Waals surface area contributed by atoms with Gasteiger partial charge in [-0.05, 0) is 40.5 Å². The molecular weight excluding hydrogens is 280 g/mol. The summed E-state index contributed by atoms with van der Waals surface area (Å²) >= 11 is 0. The number of ether oxygens (including phenoxy) is 2. The summed E-state index contributed by atoms with van der Waals surface area (Å²) in [6.07, 6.45) is 2.06. The molecule has 6 nitrogen and oxygen atoms in total. The molecule has 0 aliphatic carbocycles. The first-order valence-corrected chi connectivity index (χ1v) is 7.70. The Morgan fingerprint density at radius 1 is 1.18 bits per heavy atom. The Hall–Kier alpha value is -1.40. The monoisotopic (exact) mass is 308 g/mol. The van der Waals surface area contributed by atoms with E-state index >= 15 is 0 Å². The fourth-order valence-electron chi connectivity index (χ4n) is 3.48. The van der Waals surface area contributed by atoms with Gasteiger partial charge in [0, 0.05) is 30.3 Å². The van der Waals surface area contributed by atoms with Crippen LogP contribution in [0.15, 0.2) is 6.07 Å². The van der Waals surface area contributed by atoms with Crippen molar-refractivity contribution in [2.24, 2.45) is 0 Å². The quantitative estimate of drug-likeness (QED) is 0.870. The molecule has 1 aromatic heterocycles. The molecule has 1 saturated heterocycles. The Bertz CT molecular complexity index is 501. The van der Waals surface area contributed by atoms with Crippen molar-refractivity contribution in [1.82, 2.24) is 15.3 Å². The van der Waals surface area contributed by atoms with Gasteiger partial charge in [-0.25, -0.2) is 4.98 Å². The predicted octanol–water partition coefficient (Wildman–Crippen LogP) is 2.35. The number of piperidine rings is 1. The number of nitrogens with one attached hydrogen (secondary N) is 2. The summed E-state index contributed by atoms with van der Waals surface area (Å²) in [5.74, 6) is 1.96. The van der Waals surface area contributed by atoms with Gasteiger partial charge in [0.05, 0.1) is 7.11 Å². The molecule has 0 saturated carbocycles. The van der Waals surface area contributed by atoms with Crippen molar-refractivity contribution in [2.75, 3.05) is 19.5 Å². The van der Waals surface area contributed by atoms with Gasteiger partial charge in [-0.2, -0.15) is 4.98 Å². The molecule has 124 valence electrons. The average Bonchev–Trinajstić information content (AvgIpc) is 2.34. The van der Waals surface area contributed by atoms with Gasteiger partial charge >= 0.3 is 0 Å². The van der Waals surface area contributed by atoms with Crippen molar-refractivity contribution in [2.45, 2.75) is 64.3 Å². The summed E-state index contributed by atoms with van der Waals surface area (Å²) in [7, 11) is 3.24. The zero-order valence-electron chi connectivity index (χ0n) is 14.5. The largest absolute Gasteiger partial charge is 0.481 e. The van der Waals surface area contributed by atoms with Gasteiger partial charge in [0.25, 0.3) is 0 Å². The van der Waals surface area contributed by atoms with Crippen LogP contribution in [0.2, 0.25) is 0 Å². The Kier molecular flexibility index (Phi) is 4.92. The van der Waals surface area contributed by atoms with Crippen LogP contribution in [-0.4, -0.2) is 41.3 Å². The van der Waals surface area contributed by atoms with Gasteiger partial charge in [-0.15, -0.1) is 0 Å². The minimum Gasteiger partial charge on any atom is -0.481 e. The van der Waals surface area contributed by atoms with Crippen molar-refractivity contribution in [3.8, 4) is 5.88 Å². The number of anilines is 1. The molecule has 0 atom stereocenters. The van der Waals surface area contributed by atoms with Crippen molar-refractivity contribution < 1.29 is 9.47 Å². The molecule has 0 amide bonds. The minimum atomic E-state index is 0.0892. The third-order valence-corrected chi connectivity index (χ3v) is 3.77. The van der Waals surface area contributed by atoms with E-state index in [1.807, 2.05) is 6.07 Å². The lowest BCUT2D eigenvalue weighted by Crippen LogP contribution is -2.60. The smallest absolute Gasteiger partial charge is 0.218 e. The number of aromatic nitrogens is 2. The molecule has 22 heavy (non-hydrogen) atoms. The Labute approximate surface area is 133 Å². The highest BCUT2D eigenvalue weighted by Crippen LogP contribution is 2.30. The lowest BCUT2D eigenvalue weighted by atomic mass is 9.79. The highest BCUT2D eigenvalue weighted by atomic mass is 16.5. The maximum absolute atomic E-state index is 5.25. The topological polar surface area (TPSA) is 68.3 Å². The zero-order valence-corrected chi connectivity index (χ0v) is 14.5. The molecule has 0 unspecified atom stereocenters. The van der Waals surface area contributed by atoms with Gasteiger partial charge in [-0.3, -0.25) is 0 Å². The van der Waals surface area contributed by atoms with E-state index in [9.17, 15) is 0 Å². The third kappa shape index (κ3) is 4.55. The van der Waals surface area contributed by atoms with Crippen LogP contribution in [0.25, 0.3) is 0 Å². The SMILES string of the molecule is COCc1nc(NC2CC(C)(C)NC(C)(C)C2)cc(OC)n1. The minimum absolute atomic E-state index is 0.0892. The van der Waals surface area contributed by atoms with Crippen molar-refractivity contribution in [1.29, 1.82) is 0 Å². The van der Waals surface area contributed by atoms with Crippen LogP contribution in [0.1, 0.15) is 46.4 Å². The second-order valence-electron chi connectivity index (χ2n) is 7.29. The molecule has 2 N–H and O–H groups in total. The van der Waals surface area contributed by atoms with Crippen LogP contribution in [0.5, 0.6) is 5.88 Å². The summed E-state index contributed by atoms with van der Waals surface area (Å²) in [5.41, 5.74) is 0.178. The highest BCUT2D eigenvalue weighted by molar-refractivity contribution is 5.40. The maximum atomic E-state index is 5.25. The summed E-state index contributed by atoms with van der Waals surface area (Å²) in [6.45, 7) is 9.31. The number of hydrogen-bond acceptors (Lipinski definition) is 6. The fraction of sp³-hybridized carbons (Fsp3) is 0.750. The number of rotatable bonds is 5. The van der Waals surface area contributed by atoms with Gasteiger partial charge in [-0.1, -0.05) is 0 Å². The molecule has 0 spiro atoms. The van der Waals surface area contributed by atoms with Crippen LogP contribution >= 0.6 is 0 Å². The molecule has 6 heteroatoms. The zero-order chi connectivity index (χ0) is 16.4. The van der Waals surface area contributed by atoms with Crippen LogP contribution in [-0.2, 0) is 11.3 Å². The van der Waals surface area contributed by atoms with Gasteiger partial charge < -0.3 is 20.1 Å². The summed E-state index contributed by atoms with van der Waals surface area (Å²) in [4.78, 5) is 8.79. The second-order valence-corrected chi connectivity index (χ2v) is 7.29. The molecular formula is C16H28N4O2. The molecule has 0 bridgehead atoms. The average molecular weight is 308 g/mol. The first-order chi connectivity index (χ1) is 10.2. The van der Waals surface area contributed by atoms with Crippen LogP contribution in [0.3, 0.4) is 0 Å². The van der Waals surface area contributed by atoms with Crippen molar-refractivity contribution in [3.63, 3.8) is 0 Å². The molecule has 1 fully saturated rings. The lowest BCUT2D eigenvalue weighted by molar-refractivity contribution is 0.170. The standard InChI is InChI=1S/C16H28N4O2/c1-15(2)8-11(9-16(3,4)20-15)17-12-7-14(22-6)19-13(18-12)10-21-5/h7,11,20H,8-10H2,1-6H3,(H,17,18,19). The molecule has 1 aliphatic rings. The van der Waals surface area contributed by atoms with Crippen molar-refractivity contribution >= 4 is 5.82 Å². The Balaban J connectivity index is 2.17. The van der Waals surface area contributed by atoms with Gasteiger partial charge in [0.1, 0.15) is 12.4 Å². The molecule has 2 heterocycles. The molecule has 1 aromatic rings. The van der Waals surface area contributed by atoms with Gasteiger partial charge in [0.2, 0.25) is 5.88 Å². The van der Waals surface area contributed by atoms with E-state index in [2.05, 4.69) is 48.3 Å². The van der Waals surface area contributed by atoms with E-state index < -0.39 is 0 Å². The van der Waals surface area contributed by atoms with Gasteiger partial charge in [0.15, 0.2) is 5.82 Å². The summed E-state index contributed by atoms with van der Waals surface area (Å²) < 4.78 is 10.4. The van der Waals surface area contributed by atoms with E-state index in [0.717, 1.165) is 18.7 Å². The second kappa shape index (κ2) is 6.38. The van der Waals surface area contributed by atoms with E-state index in [1.165, 1.54) is 0 Å². The fourth-order valence-corrected chi connectivity index (χ4v) is 3.48. The van der Waals surface area contributed by atoms with Crippen molar-refractivity contribution in [3.05, 3.63) is 11.9 Å². The van der Waals surface area contributed by atoms with E-state index in [0.29, 0.717) is 24.4 Å². The van der Waals surface area contributed by atoms with Crippen LogP contribution in [0.4, 0.5) is 5.82 Å². The van der Waals surface area contributed by atoms with Crippen LogP contribution in [0, 0.1) is 0 Å². The molecule has 0 radical (unpaired) electrons. The highest BCUT2D eigenvalue weighted by Gasteiger charge is 2.37. The Morgan fingerprint density at radius 2 is 1.82 bits per heavy atom. The first-order valence-electron chi connectivity index (χ1n) is 7.70. The number of methoxy groups -OCH3 is 2. The Morgan fingerprint density at radius 3 is 2.36 bits per heavy atom. The lowest BCUT2D eigenvalue weighted by Gasteiger charge is -2.46. The molecule has 0 aromatic carbocycles. The molecule has 2 rings (SSSR count). The summed E-state index contributed by atoms with van der Waals surface area (Å²) in [5, 5.41) is 7.22. The predicted molar refractivity (Wildman–Crippen MR) is 87.2 cm³/mol. The number of hydrogen-bond donors (Lipinski definition) is 2. The summed E-state index contributed by atoms with van der Waals surface area (Å²) in [6, 6.07) is 2.18. The van der Waals surface area contributed by atoms with E-state index in [-0.39, 0.29) is 11.1 Å². The normalized spacial score (nSPS) is 20.6. The first kappa shape index (κ1) is 17.0. The van der Waals surface area contributed by atoms with Crippen LogP contribution < -0.4 is 15.4 Å².